The SMILES string of the molecule is CCCN(CCC)C(=O)Nc1cccc(Cl)c1C. The third-order valence-electron chi connectivity index (χ3n) is 2.78. The number of benzene rings is 1. The van der Waals surface area contributed by atoms with Crippen LogP contribution in [-0.4, -0.2) is 24.0 Å². The summed E-state index contributed by atoms with van der Waals surface area (Å²) in [6.45, 7) is 7.60. The van der Waals surface area contributed by atoms with E-state index in [0.717, 1.165) is 37.2 Å². The third-order valence-corrected chi connectivity index (χ3v) is 3.19. The van der Waals surface area contributed by atoms with Gasteiger partial charge in [0.05, 0.1) is 0 Å². The minimum Gasteiger partial charge on any atom is -0.325 e. The second-order valence-electron chi connectivity index (χ2n) is 4.33. The van der Waals surface area contributed by atoms with Crippen LogP contribution < -0.4 is 5.32 Å². The van der Waals surface area contributed by atoms with Crippen molar-refractivity contribution in [3.8, 4) is 0 Å². The predicted molar refractivity (Wildman–Crippen MR) is 77.4 cm³/mol. The number of nitrogens with zero attached hydrogens (tertiary/aromatic N) is 1. The fraction of sp³-hybridized carbons (Fsp3) is 0.500. The van der Waals surface area contributed by atoms with Crippen molar-refractivity contribution < 1.29 is 4.79 Å². The number of amides is 2. The van der Waals surface area contributed by atoms with Crippen molar-refractivity contribution in [1.82, 2.24) is 4.90 Å². The Labute approximate surface area is 114 Å². The van der Waals surface area contributed by atoms with Gasteiger partial charge in [-0.2, -0.15) is 0 Å². The van der Waals surface area contributed by atoms with Gasteiger partial charge in [-0.25, -0.2) is 4.79 Å². The van der Waals surface area contributed by atoms with Gasteiger partial charge in [0, 0.05) is 23.8 Å². The first-order valence-corrected chi connectivity index (χ1v) is 6.79. The maximum Gasteiger partial charge on any atom is 0.321 e. The molecule has 4 heteroatoms. The van der Waals surface area contributed by atoms with Gasteiger partial charge >= 0.3 is 6.03 Å². The van der Waals surface area contributed by atoms with Crippen LogP contribution in [0.1, 0.15) is 32.3 Å². The quantitative estimate of drug-likeness (QED) is 0.848. The third kappa shape index (κ3) is 3.91. The van der Waals surface area contributed by atoms with Crippen molar-refractivity contribution in [2.24, 2.45) is 0 Å². The summed E-state index contributed by atoms with van der Waals surface area (Å²) < 4.78 is 0. The van der Waals surface area contributed by atoms with Crippen molar-refractivity contribution in [3.05, 3.63) is 28.8 Å². The molecule has 0 spiro atoms. The topological polar surface area (TPSA) is 32.3 Å². The van der Waals surface area contributed by atoms with Gasteiger partial charge in [0.1, 0.15) is 0 Å². The van der Waals surface area contributed by atoms with E-state index in [0.29, 0.717) is 5.02 Å². The normalized spacial score (nSPS) is 10.2. The molecule has 0 aliphatic heterocycles. The Morgan fingerprint density at radius 3 is 2.44 bits per heavy atom. The summed E-state index contributed by atoms with van der Waals surface area (Å²) in [5, 5.41) is 3.59. The highest BCUT2D eigenvalue weighted by Gasteiger charge is 2.13. The molecule has 0 saturated heterocycles. The van der Waals surface area contributed by atoms with Gasteiger partial charge in [-0.15, -0.1) is 0 Å². The van der Waals surface area contributed by atoms with Gasteiger partial charge in [0.25, 0.3) is 0 Å². The average molecular weight is 269 g/mol. The second-order valence-corrected chi connectivity index (χ2v) is 4.74. The summed E-state index contributed by atoms with van der Waals surface area (Å²) in [6, 6.07) is 5.48. The smallest absolute Gasteiger partial charge is 0.321 e. The number of urea groups is 1. The maximum absolute atomic E-state index is 12.1. The first-order chi connectivity index (χ1) is 8.60. The Bertz CT molecular complexity index is 401. The average Bonchev–Trinajstić information content (AvgIpc) is 2.34. The Hall–Kier alpha value is -1.22. The fourth-order valence-electron chi connectivity index (χ4n) is 1.79. The van der Waals surface area contributed by atoms with E-state index in [1.54, 1.807) is 0 Å². The monoisotopic (exact) mass is 268 g/mol. The predicted octanol–water partition coefficient (Wildman–Crippen LogP) is 4.30. The number of anilines is 1. The molecule has 1 aromatic rings. The summed E-state index contributed by atoms with van der Waals surface area (Å²) in [5.74, 6) is 0. The van der Waals surface area contributed by atoms with E-state index in [-0.39, 0.29) is 6.03 Å². The van der Waals surface area contributed by atoms with Crippen LogP contribution in [0.3, 0.4) is 0 Å². The number of carbonyl (C=O) groups is 1. The van der Waals surface area contributed by atoms with Gasteiger partial charge in [0.15, 0.2) is 0 Å². The van der Waals surface area contributed by atoms with Crippen LogP contribution in [0.4, 0.5) is 10.5 Å². The zero-order valence-electron chi connectivity index (χ0n) is 11.3. The molecule has 0 unspecified atom stereocenters. The molecule has 0 aliphatic carbocycles. The number of carbonyl (C=O) groups excluding carboxylic acids is 1. The Balaban J connectivity index is 2.75. The molecule has 18 heavy (non-hydrogen) atoms. The largest absolute Gasteiger partial charge is 0.325 e. The molecule has 1 aromatic carbocycles. The Morgan fingerprint density at radius 2 is 1.89 bits per heavy atom. The number of hydrogen-bond donors (Lipinski definition) is 1. The molecule has 0 saturated carbocycles. The van der Waals surface area contributed by atoms with Gasteiger partial charge < -0.3 is 10.2 Å². The lowest BCUT2D eigenvalue weighted by atomic mass is 10.2. The minimum absolute atomic E-state index is 0.0518. The highest BCUT2D eigenvalue weighted by atomic mass is 35.5. The lowest BCUT2D eigenvalue weighted by Crippen LogP contribution is -2.36. The number of hydrogen-bond acceptors (Lipinski definition) is 1. The minimum atomic E-state index is -0.0518. The van der Waals surface area contributed by atoms with Crippen LogP contribution in [0.25, 0.3) is 0 Å². The highest BCUT2D eigenvalue weighted by Crippen LogP contribution is 2.23. The van der Waals surface area contributed by atoms with E-state index < -0.39 is 0 Å². The lowest BCUT2D eigenvalue weighted by molar-refractivity contribution is 0.211. The van der Waals surface area contributed by atoms with Crippen molar-refractivity contribution in [2.75, 3.05) is 18.4 Å². The summed E-state index contributed by atoms with van der Waals surface area (Å²) in [6.07, 6.45) is 1.92. The number of nitrogens with one attached hydrogen (secondary N) is 1. The van der Waals surface area contributed by atoms with Crippen molar-refractivity contribution in [3.63, 3.8) is 0 Å². The molecule has 2 amide bonds. The summed E-state index contributed by atoms with van der Waals surface area (Å²) in [5.41, 5.74) is 1.69. The first kappa shape index (κ1) is 14.8. The molecule has 0 aliphatic rings. The van der Waals surface area contributed by atoms with E-state index in [1.807, 2.05) is 30.0 Å². The van der Waals surface area contributed by atoms with E-state index in [2.05, 4.69) is 19.2 Å². The van der Waals surface area contributed by atoms with E-state index in [1.165, 1.54) is 0 Å². The van der Waals surface area contributed by atoms with E-state index in [4.69, 9.17) is 11.6 Å². The fourth-order valence-corrected chi connectivity index (χ4v) is 1.97. The second kappa shape index (κ2) is 7.27. The molecule has 3 nitrogen and oxygen atoms in total. The number of halogens is 1. The highest BCUT2D eigenvalue weighted by molar-refractivity contribution is 6.31. The van der Waals surface area contributed by atoms with Gasteiger partial charge in [0.2, 0.25) is 0 Å². The van der Waals surface area contributed by atoms with Crippen LogP contribution in [0.5, 0.6) is 0 Å². The van der Waals surface area contributed by atoms with Crippen LogP contribution >= 0.6 is 11.6 Å². The van der Waals surface area contributed by atoms with Crippen LogP contribution in [0.15, 0.2) is 18.2 Å². The molecule has 0 heterocycles. The van der Waals surface area contributed by atoms with Gasteiger partial charge in [-0.3, -0.25) is 0 Å². The zero-order chi connectivity index (χ0) is 13.5. The van der Waals surface area contributed by atoms with E-state index in [9.17, 15) is 4.79 Å². The van der Waals surface area contributed by atoms with Crippen LogP contribution in [-0.2, 0) is 0 Å². The Kier molecular flexibility index (Phi) is 5.99. The first-order valence-electron chi connectivity index (χ1n) is 6.41. The zero-order valence-corrected chi connectivity index (χ0v) is 12.0. The summed E-state index contributed by atoms with van der Waals surface area (Å²) in [7, 11) is 0. The Morgan fingerprint density at radius 1 is 1.28 bits per heavy atom. The molecule has 0 aromatic heterocycles. The summed E-state index contributed by atoms with van der Waals surface area (Å²) >= 11 is 6.03. The molecule has 0 fully saturated rings. The molecule has 1 N–H and O–H groups in total. The molecular weight excluding hydrogens is 248 g/mol. The van der Waals surface area contributed by atoms with Crippen molar-refractivity contribution in [1.29, 1.82) is 0 Å². The molecule has 0 radical (unpaired) electrons. The van der Waals surface area contributed by atoms with Crippen LogP contribution in [0.2, 0.25) is 5.02 Å². The van der Waals surface area contributed by atoms with Gasteiger partial charge in [-0.05, 0) is 37.5 Å². The van der Waals surface area contributed by atoms with Crippen molar-refractivity contribution >= 4 is 23.3 Å². The molecule has 0 bridgehead atoms. The number of rotatable bonds is 5. The maximum atomic E-state index is 12.1. The molecule has 0 atom stereocenters. The van der Waals surface area contributed by atoms with Gasteiger partial charge in [-0.1, -0.05) is 31.5 Å². The lowest BCUT2D eigenvalue weighted by Gasteiger charge is -2.22. The van der Waals surface area contributed by atoms with E-state index >= 15 is 0 Å². The van der Waals surface area contributed by atoms with Crippen molar-refractivity contribution in [2.45, 2.75) is 33.6 Å². The molecular formula is C14H21ClN2O. The molecule has 1 rings (SSSR count). The standard InChI is InChI=1S/C14H21ClN2O/c1-4-9-17(10-5-2)14(18)16-13-8-6-7-12(15)11(13)3/h6-8H,4-5,9-10H2,1-3H3,(H,16,18). The van der Waals surface area contributed by atoms with Crippen LogP contribution in [0, 0.1) is 6.92 Å². The summed E-state index contributed by atoms with van der Waals surface area (Å²) in [4.78, 5) is 14.0. The molecule has 100 valence electrons.